The molecule has 0 aliphatic heterocycles. The van der Waals surface area contributed by atoms with Crippen LogP contribution in [0.4, 0.5) is 5.82 Å². The van der Waals surface area contributed by atoms with Gasteiger partial charge in [-0.25, -0.2) is 9.97 Å². The maximum Gasteiger partial charge on any atom is 0.135 e. The molecule has 0 amide bonds. The molecule has 0 spiro atoms. The molecule has 0 aliphatic carbocycles. The molecule has 0 unspecified atom stereocenters. The van der Waals surface area contributed by atoms with Gasteiger partial charge < -0.3 is 9.64 Å². The van der Waals surface area contributed by atoms with Crippen LogP contribution in [0.25, 0.3) is 0 Å². The van der Waals surface area contributed by atoms with E-state index in [0.29, 0.717) is 37.1 Å². The molecule has 5 nitrogen and oxygen atoms in total. The Kier molecular flexibility index (Phi) is 6.54. The van der Waals surface area contributed by atoms with Crippen LogP contribution in [0.5, 0.6) is 0 Å². The van der Waals surface area contributed by atoms with Crippen LogP contribution in [-0.2, 0) is 4.74 Å². The lowest BCUT2D eigenvalue weighted by Crippen LogP contribution is -2.29. The van der Waals surface area contributed by atoms with Crippen molar-refractivity contribution in [3.63, 3.8) is 0 Å². The summed E-state index contributed by atoms with van der Waals surface area (Å²) in [5.74, 6) is 1.66. The number of methoxy groups -OCH3 is 1. The number of halogens is 1. The molecule has 1 heterocycles. The summed E-state index contributed by atoms with van der Waals surface area (Å²) in [5, 5.41) is 9.14. The van der Waals surface area contributed by atoms with Crippen molar-refractivity contribution >= 4 is 17.4 Å². The Balaban J connectivity index is 2.96. The van der Waals surface area contributed by atoms with Gasteiger partial charge in [0.05, 0.1) is 19.1 Å². The molecule has 0 saturated carbocycles. The fourth-order valence-corrected chi connectivity index (χ4v) is 1.75. The fourth-order valence-electron chi connectivity index (χ4n) is 1.57. The summed E-state index contributed by atoms with van der Waals surface area (Å²) in [4.78, 5) is 10.7. The van der Waals surface area contributed by atoms with Gasteiger partial charge in [-0.05, 0) is 0 Å². The molecule has 0 saturated heterocycles. The van der Waals surface area contributed by atoms with E-state index >= 15 is 0 Å². The minimum Gasteiger partial charge on any atom is -0.383 e. The van der Waals surface area contributed by atoms with Crippen LogP contribution in [0.3, 0.4) is 0 Å². The molecular formula is C13H19ClN4O. The molecule has 0 N–H and O–H groups in total. The monoisotopic (exact) mass is 282 g/mol. The molecule has 0 aromatic carbocycles. The largest absolute Gasteiger partial charge is 0.383 e. The lowest BCUT2D eigenvalue weighted by molar-refractivity contribution is 0.205. The third-order valence-electron chi connectivity index (χ3n) is 2.60. The molecule has 1 aromatic heterocycles. The molecule has 0 bridgehead atoms. The Bertz CT molecular complexity index is 445. The number of nitrogens with zero attached hydrogens (tertiary/aromatic N) is 4. The van der Waals surface area contributed by atoms with Crippen molar-refractivity contribution in [1.29, 1.82) is 5.26 Å². The van der Waals surface area contributed by atoms with Crippen molar-refractivity contribution in [3.8, 4) is 6.07 Å². The second kappa shape index (κ2) is 7.93. The first kappa shape index (κ1) is 15.7. The van der Waals surface area contributed by atoms with E-state index in [-0.39, 0.29) is 5.92 Å². The number of nitriles is 1. The summed E-state index contributed by atoms with van der Waals surface area (Å²) in [6.45, 7) is 5.88. The van der Waals surface area contributed by atoms with Crippen molar-refractivity contribution in [2.24, 2.45) is 0 Å². The molecule has 1 rings (SSSR count). The zero-order valence-electron chi connectivity index (χ0n) is 11.6. The lowest BCUT2D eigenvalue weighted by Gasteiger charge is -2.23. The third kappa shape index (κ3) is 5.01. The standard InChI is InChI=1S/C13H19ClN4O/c1-10(2)13-16-11(14)9-12(17-13)18(6-4-5-15)7-8-19-3/h9-10H,4,6-8H2,1-3H3. The predicted octanol–water partition coefficient (Wildman–Crippen LogP) is 2.62. The maximum absolute atomic E-state index is 8.72. The van der Waals surface area contributed by atoms with E-state index in [9.17, 15) is 0 Å². The van der Waals surface area contributed by atoms with E-state index in [1.54, 1.807) is 13.2 Å². The highest BCUT2D eigenvalue weighted by atomic mass is 35.5. The van der Waals surface area contributed by atoms with E-state index in [1.165, 1.54) is 0 Å². The molecule has 0 aliphatic rings. The molecule has 0 fully saturated rings. The van der Waals surface area contributed by atoms with Crippen LogP contribution in [0.1, 0.15) is 32.0 Å². The van der Waals surface area contributed by atoms with Crippen LogP contribution < -0.4 is 4.90 Å². The molecular weight excluding hydrogens is 264 g/mol. The van der Waals surface area contributed by atoms with E-state index in [0.717, 1.165) is 5.82 Å². The van der Waals surface area contributed by atoms with E-state index < -0.39 is 0 Å². The zero-order valence-corrected chi connectivity index (χ0v) is 12.3. The average molecular weight is 283 g/mol. The van der Waals surface area contributed by atoms with Gasteiger partial charge >= 0.3 is 0 Å². The van der Waals surface area contributed by atoms with Crippen molar-refractivity contribution in [3.05, 3.63) is 17.0 Å². The number of ether oxygens (including phenoxy) is 1. The Labute approximate surface area is 119 Å². The summed E-state index contributed by atoms with van der Waals surface area (Å²) in [6, 6.07) is 3.86. The van der Waals surface area contributed by atoms with Gasteiger partial charge in [0.2, 0.25) is 0 Å². The quantitative estimate of drug-likeness (QED) is 0.720. The second-order valence-corrected chi connectivity index (χ2v) is 4.84. The van der Waals surface area contributed by atoms with Crippen molar-refractivity contribution < 1.29 is 4.74 Å². The first-order chi connectivity index (χ1) is 9.08. The number of aromatic nitrogens is 2. The number of hydrogen-bond acceptors (Lipinski definition) is 5. The van der Waals surface area contributed by atoms with Gasteiger partial charge in [0.1, 0.15) is 16.8 Å². The smallest absolute Gasteiger partial charge is 0.135 e. The summed E-state index contributed by atoms with van der Waals surface area (Å²) in [6.07, 6.45) is 0.433. The molecule has 0 radical (unpaired) electrons. The second-order valence-electron chi connectivity index (χ2n) is 4.45. The number of anilines is 1. The molecule has 19 heavy (non-hydrogen) atoms. The molecule has 1 aromatic rings. The summed E-state index contributed by atoms with van der Waals surface area (Å²) in [5.41, 5.74) is 0. The minimum atomic E-state index is 0.206. The van der Waals surface area contributed by atoms with Gasteiger partial charge in [0.15, 0.2) is 0 Å². The van der Waals surface area contributed by atoms with Crippen LogP contribution in [-0.4, -0.2) is 36.8 Å². The minimum absolute atomic E-state index is 0.206. The van der Waals surface area contributed by atoms with Crippen LogP contribution in [0.2, 0.25) is 5.15 Å². The van der Waals surface area contributed by atoms with Crippen molar-refractivity contribution in [2.75, 3.05) is 31.7 Å². The van der Waals surface area contributed by atoms with Crippen molar-refractivity contribution in [1.82, 2.24) is 9.97 Å². The average Bonchev–Trinajstić information content (AvgIpc) is 2.38. The summed E-state index contributed by atoms with van der Waals surface area (Å²) >= 11 is 6.03. The highest BCUT2D eigenvalue weighted by Gasteiger charge is 2.12. The van der Waals surface area contributed by atoms with Crippen LogP contribution in [0.15, 0.2) is 6.07 Å². The SMILES string of the molecule is COCCN(CCC#N)c1cc(Cl)nc(C(C)C)n1. The van der Waals surface area contributed by atoms with Gasteiger partial charge in [-0.3, -0.25) is 0 Å². The van der Waals surface area contributed by atoms with E-state index in [2.05, 4.69) is 16.0 Å². The third-order valence-corrected chi connectivity index (χ3v) is 2.79. The van der Waals surface area contributed by atoms with Crippen LogP contribution in [0, 0.1) is 11.3 Å². The van der Waals surface area contributed by atoms with Gasteiger partial charge in [-0.15, -0.1) is 0 Å². The van der Waals surface area contributed by atoms with Crippen molar-refractivity contribution in [2.45, 2.75) is 26.2 Å². The first-order valence-electron chi connectivity index (χ1n) is 6.23. The highest BCUT2D eigenvalue weighted by molar-refractivity contribution is 6.29. The van der Waals surface area contributed by atoms with Gasteiger partial charge in [-0.2, -0.15) is 5.26 Å². The number of hydrogen-bond donors (Lipinski definition) is 0. The van der Waals surface area contributed by atoms with Gasteiger partial charge in [0, 0.05) is 32.2 Å². The van der Waals surface area contributed by atoms with Crippen LogP contribution >= 0.6 is 11.6 Å². The topological polar surface area (TPSA) is 62.0 Å². The number of rotatable bonds is 7. The lowest BCUT2D eigenvalue weighted by atomic mass is 10.2. The molecule has 0 atom stereocenters. The van der Waals surface area contributed by atoms with Gasteiger partial charge in [-0.1, -0.05) is 25.4 Å². The van der Waals surface area contributed by atoms with E-state index in [1.807, 2.05) is 18.7 Å². The highest BCUT2D eigenvalue weighted by Crippen LogP contribution is 2.20. The molecule has 6 heteroatoms. The fraction of sp³-hybridized carbons (Fsp3) is 0.615. The van der Waals surface area contributed by atoms with E-state index in [4.69, 9.17) is 21.6 Å². The summed E-state index contributed by atoms with van der Waals surface area (Å²) < 4.78 is 5.08. The van der Waals surface area contributed by atoms with Gasteiger partial charge in [0.25, 0.3) is 0 Å². The molecule has 104 valence electrons. The Morgan fingerprint density at radius 3 is 2.74 bits per heavy atom. The zero-order chi connectivity index (χ0) is 14.3. The maximum atomic E-state index is 8.72. The Morgan fingerprint density at radius 2 is 2.16 bits per heavy atom. The Morgan fingerprint density at radius 1 is 1.42 bits per heavy atom. The summed E-state index contributed by atoms with van der Waals surface area (Å²) in [7, 11) is 1.65. The predicted molar refractivity (Wildman–Crippen MR) is 75.5 cm³/mol. The normalized spacial score (nSPS) is 10.5. The Hall–Kier alpha value is -1.38. The first-order valence-corrected chi connectivity index (χ1v) is 6.61.